The normalized spacial score (nSPS) is 12.4. The fourth-order valence-electron chi connectivity index (χ4n) is 3.60. The van der Waals surface area contributed by atoms with Crippen molar-refractivity contribution in [3.63, 3.8) is 0 Å². The SMILES string of the molecule is N#Cc1ccc(NC(=O)C(O)(Cc2ccc(-c3ccncc3)cc2)c2ccccc2)cc1Cl. The van der Waals surface area contributed by atoms with Gasteiger partial charge in [0.25, 0.3) is 5.91 Å². The summed E-state index contributed by atoms with van der Waals surface area (Å²) in [5.74, 6) is -0.590. The molecule has 0 saturated heterocycles. The van der Waals surface area contributed by atoms with Crippen LogP contribution in [-0.2, 0) is 16.8 Å². The van der Waals surface area contributed by atoms with E-state index in [0.29, 0.717) is 16.8 Å². The average molecular weight is 454 g/mol. The Morgan fingerprint density at radius 3 is 2.27 bits per heavy atom. The first-order valence-corrected chi connectivity index (χ1v) is 10.7. The first-order valence-electron chi connectivity index (χ1n) is 10.3. The monoisotopic (exact) mass is 453 g/mol. The Balaban J connectivity index is 1.63. The van der Waals surface area contributed by atoms with E-state index in [1.165, 1.54) is 12.1 Å². The number of hydrogen-bond donors (Lipinski definition) is 2. The number of aliphatic hydroxyl groups is 1. The van der Waals surface area contributed by atoms with Crippen molar-refractivity contribution in [3.05, 3.63) is 119 Å². The number of halogens is 1. The molecule has 33 heavy (non-hydrogen) atoms. The predicted molar refractivity (Wildman–Crippen MR) is 129 cm³/mol. The Labute approximate surface area is 196 Å². The van der Waals surface area contributed by atoms with Gasteiger partial charge in [0.1, 0.15) is 6.07 Å². The summed E-state index contributed by atoms with van der Waals surface area (Å²) in [5.41, 5.74) is 2.20. The van der Waals surface area contributed by atoms with E-state index in [4.69, 9.17) is 16.9 Å². The van der Waals surface area contributed by atoms with Crippen molar-refractivity contribution in [1.82, 2.24) is 4.98 Å². The lowest BCUT2D eigenvalue weighted by Gasteiger charge is -2.28. The summed E-state index contributed by atoms with van der Waals surface area (Å²) in [5, 5.41) is 23.6. The molecule has 0 fully saturated rings. The van der Waals surface area contributed by atoms with Gasteiger partial charge in [-0.25, -0.2) is 0 Å². The van der Waals surface area contributed by atoms with Gasteiger partial charge in [-0.2, -0.15) is 5.26 Å². The third kappa shape index (κ3) is 4.93. The molecule has 1 unspecified atom stereocenters. The van der Waals surface area contributed by atoms with Crippen LogP contribution in [0.5, 0.6) is 0 Å². The Kier molecular flexibility index (Phi) is 6.50. The minimum Gasteiger partial charge on any atom is -0.375 e. The third-order valence-electron chi connectivity index (χ3n) is 5.40. The summed E-state index contributed by atoms with van der Waals surface area (Å²) in [4.78, 5) is 17.4. The van der Waals surface area contributed by atoms with Crippen LogP contribution in [0, 0.1) is 11.3 Å². The van der Waals surface area contributed by atoms with Crippen molar-refractivity contribution in [2.75, 3.05) is 5.32 Å². The van der Waals surface area contributed by atoms with Crippen LogP contribution in [0.4, 0.5) is 5.69 Å². The first kappa shape index (κ1) is 22.2. The van der Waals surface area contributed by atoms with Gasteiger partial charge in [-0.05, 0) is 52.6 Å². The highest BCUT2D eigenvalue weighted by Gasteiger charge is 2.38. The molecule has 4 aromatic rings. The summed E-state index contributed by atoms with van der Waals surface area (Å²) in [7, 11) is 0. The van der Waals surface area contributed by atoms with Gasteiger partial charge in [0, 0.05) is 24.5 Å². The molecule has 0 spiro atoms. The minimum absolute atomic E-state index is 0.0729. The summed E-state index contributed by atoms with van der Waals surface area (Å²) < 4.78 is 0. The van der Waals surface area contributed by atoms with Crippen LogP contribution in [-0.4, -0.2) is 16.0 Å². The molecule has 0 aliphatic heterocycles. The van der Waals surface area contributed by atoms with E-state index in [1.807, 2.05) is 48.5 Å². The zero-order valence-electron chi connectivity index (χ0n) is 17.6. The van der Waals surface area contributed by atoms with Crippen molar-refractivity contribution in [1.29, 1.82) is 5.26 Å². The maximum Gasteiger partial charge on any atom is 0.261 e. The van der Waals surface area contributed by atoms with Crippen molar-refractivity contribution < 1.29 is 9.90 Å². The number of anilines is 1. The highest BCUT2D eigenvalue weighted by Crippen LogP contribution is 2.30. The van der Waals surface area contributed by atoms with Gasteiger partial charge in [-0.1, -0.05) is 66.2 Å². The van der Waals surface area contributed by atoms with Gasteiger partial charge in [-0.15, -0.1) is 0 Å². The van der Waals surface area contributed by atoms with E-state index in [-0.39, 0.29) is 11.4 Å². The number of carbonyl (C=O) groups excluding carboxylic acids is 1. The summed E-state index contributed by atoms with van der Waals surface area (Å²) in [6.45, 7) is 0. The fourth-order valence-corrected chi connectivity index (χ4v) is 3.82. The Morgan fingerprint density at radius 1 is 0.970 bits per heavy atom. The highest BCUT2D eigenvalue weighted by atomic mass is 35.5. The van der Waals surface area contributed by atoms with Crippen molar-refractivity contribution >= 4 is 23.2 Å². The predicted octanol–water partition coefficient (Wildman–Crippen LogP) is 5.34. The van der Waals surface area contributed by atoms with Gasteiger partial charge in [0.15, 0.2) is 5.60 Å². The van der Waals surface area contributed by atoms with Gasteiger partial charge < -0.3 is 10.4 Å². The van der Waals surface area contributed by atoms with Crippen LogP contribution in [0.3, 0.4) is 0 Å². The van der Waals surface area contributed by atoms with E-state index in [0.717, 1.165) is 16.7 Å². The number of hydrogen-bond acceptors (Lipinski definition) is 4. The first-order chi connectivity index (χ1) is 16.0. The molecule has 1 amide bonds. The number of nitrogens with one attached hydrogen (secondary N) is 1. The van der Waals surface area contributed by atoms with Crippen LogP contribution in [0.1, 0.15) is 16.7 Å². The van der Waals surface area contributed by atoms with Crippen LogP contribution >= 0.6 is 11.6 Å². The lowest BCUT2D eigenvalue weighted by Crippen LogP contribution is -2.42. The molecular formula is C27H20ClN3O2. The molecule has 6 heteroatoms. The summed E-state index contributed by atoms with van der Waals surface area (Å²) in [6, 6.07) is 26.9. The van der Waals surface area contributed by atoms with E-state index in [9.17, 15) is 9.90 Å². The molecule has 5 nitrogen and oxygen atoms in total. The summed E-state index contributed by atoms with van der Waals surface area (Å²) >= 11 is 6.10. The van der Waals surface area contributed by atoms with Crippen molar-refractivity contribution in [2.24, 2.45) is 0 Å². The molecule has 0 aliphatic rings. The fraction of sp³-hybridized carbons (Fsp3) is 0.0741. The quantitative estimate of drug-likeness (QED) is 0.412. The van der Waals surface area contributed by atoms with Crippen LogP contribution in [0.25, 0.3) is 11.1 Å². The third-order valence-corrected chi connectivity index (χ3v) is 5.71. The molecule has 0 aliphatic carbocycles. The molecule has 1 aromatic heterocycles. The van der Waals surface area contributed by atoms with E-state index < -0.39 is 11.5 Å². The Bertz CT molecular complexity index is 1300. The Hall–Kier alpha value is -3.98. The largest absolute Gasteiger partial charge is 0.375 e. The molecule has 1 atom stereocenters. The molecule has 0 saturated carbocycles. The lowest BCUT2D eigenvalue weighted by molar-refractivity contribution is -0.135. The second kappa shape index (κ2) is 9.66. The topological polar surface area (TPSA) is 86.0 Å². The lowest BCUT2D eigenvalue weighted by atomic mass is 9.86. The number of rotatable bonds is 6. The molecule has 0 radical (unpaired) electrons. The van der Waals surface area contributed by atoms with Gasteiger partial charge >= 0.3 is 0 Å². The second-order valence-electron chi connectivity index (χ2n) is 7.60. The molecule has 162 valence electrons. The highest BCUT2D eigenvalue weighted by molar-refractivity contribution is 6.32. The second-order valence-corrected chi connectivity index (χ2v) is 8.00. The maximum absolute atomic E-state index is 13.3. The van der Waals surface area contributed by atoms with Crippen molar-refractivity contribution in [3.8, 4) is 17.2 Å². The molecule has 0 bridgehead atoms. The van der Waals surface area contributed by atoms with Gasteiger partial charge in [0.2, 0.25) is 0 Å². The van der Waals surface area contributed by atoms with Crippen molar-refractivity contribution in [2.45, 2.75) is 12.0 Å². The number of pyridine rings is 1. The zero-order valence-corrected chi connectivity index (χ0v) is 18.3. The van der Waals surface area contributed by atoms with Gasteiger partial charge in [0.05, 0.1) is 10.6 Å². The number of amides is 1. The number of carbonyl (C=O) groups is 1. The molecule has 1 heterocycles. The maximum atomic E-state index is 13.3. The van der Waals surface area contributed by atoms with E-state index in [2.05, 4.69) is 10.3 Å². The smallest absolute Gasteiger partial charge is 0.261 e. The number of nitriles is 1. The molecular weight excluding hydrogens is 434 g/mol. The molecule has 2 N–H and O–H groups in total. The van der Waals surface area contributed by atoms with Crippen LogP contribution in [0.2, 0.25) is 5.02 Å². The Morgan fingerprint density at radius 2 is 1.64 bits per heavy atom. The van der Waals surface area contributed by atoms with Crippen LogP contribution < -0.4 is 5.32 Å². The molecule has 4 rings (SSSR count). The number of benzene rings is 3. The number of aromatic nitrogens is 1. The average Bonchev–Trinajstić information content (AvgIpc) is 2.85. The van der Waals surface area contributed by atoms with E-state index in [1.54, 1.807) is 42.7 Å². The van der Waals surface area contributed by atoms with E-state index >= 15 is 0 Å². The zero-order chi connectivity index (χ0) is 23.3. The molecule has 3 aromatic carbocycles. The summed E-state index contributed by atoms with van der Waals surface area (Å²) in [6.07, 6.45) is 3.54. The van der Waals surface area contributed by atoms with Crippen LogP contribution in [0.15, 0.2) is 97.3 Å². The minimum atomic E-state index is -1.82. The number of nitrogens with zero attached hydrogens (tertiary/aromatic N) is 2. The van der Waals surface area contributed by atoms with Gasteiger partial charge in [-0.3, -0.25) is 9.78 Å². The standard InChI is InChI=1S/C27H20ClN3O2/c28-25-16-24(11-10-22(25)18-29)31-26(32)27(33,23-4-2-1-3-5-23)17-19-6-8-20(9-7-19)21-12-14-30-15-13-21/h1-16,33H,17H2,(H,31,32).